The molecule has 10 heteroatoms. The normalized spacial score (nSPS) is 21.1. The predicted octanol–water partition coefficient (Wildman–Crippen LogP) is 4.49. The Hall–Kier alpha value is -3.21. The van der Waals surface area contributed by atoms with Crippen molar-refractivity contribution in [1.29, 1.82) is 0 Å². The summed E-state index contributed by atoms with van der Waals surface area (Å²) < 4.78 is 7.86. The number of nitrogens with two attached hydrogens (primary N) is 1. The molecule has 4 aromatic rings. The molecule has 2 fully saturated rings. The van der Waals surface area contributed by atoms with Gasteiger partial charge in [-0.15, -0.1) is 11.3 Å². The minimum absolute atomic E-state index is 0.304. The summed E-state index contributed by atoms with van der Waals surface area (Å²) in [5, 5.41) is 11.5. The third kappa shape index (κ3) is 4.95. The average Bonchev–Trinajstić information content (AvgIpc) is 3.61. The van der Waals surface area contributed by atoms with E-state index in [1.807, 2.05) is 12.1 Å². The van der Waals surface area contributed by atoms with Crippen LogP contribution in [0.4, 0.5) is 11.5 Å². The van der Waals surface area contributed by atoms with E-state index in [1.165, 1.54) is 30.8 Å². The van der Waals surface area contributed by atoms with Crippen molar-refractivity contribution in [2.45, 2.75) is 44.3 Å². The van der Waals surface area contributed by atoms with E-state index in [0.29, 0.717) is 17.9 Å². The van der Waals surface area contributed by atoms with Crippen LogP contribution in [0.15, 0.2) is 42.0 Å². The number of likely N-dealkylation sites (N-methyl/N-ethyl adjacent to an activating group) is 1. The van der Waals surface area contributed by atoms with Crippen LogP contribution in [-0.4, -0.2) is 75.9 Å². The van der Waals surface area contributed by atoms with Crippen molar-refractivity contribution in [3.8, 4) is 17.0 Å². The highest BCUT2D eigenvalue weighted by Crippen LogP contribution is 2.39. The number of hydrogen-bond donors (Lipinski definition) is 2. The maximum atomic E-state index is 6.41. The minimum atomic E-state index is 0.304. The molecule has 1 aliphatic heterocycles. The number of methoxy groups -OCH3 is 1. The maximum absolute atomic E-state index is 6.41. The molecule has 1 aliphatic carbocycles. The van der Waals surface area contributed by atoms with Gasteiger partial charge in [-0.1, -0.05) is 12.1 Å². The standard InChI is InChI=1S/C28H36N8OS/c1-34-11-13-35(14-12-34)20-6-8-21(9-7-20)36-28-25(27(29)31-18-32-28)26(33-36)19-5-10-23(24(16-19)37-2)30-17-22-4-3-15-38-22/h3-5,10,15-16,18,20-21,30H,6-9,11-14,17H2,1-2H3,(H2,29,31,32). The molecular weight excluding hydrogens is 496 g/mol. The van der Waals surface area contributed by atoms with E-state index in [4.69, 9.17) is 15.6 Å². The number of aromatic nitrogens is 4. The van der Waals surface area contributed by atoms with Crippen molar-refractivity contribution < 1.29 is 4.74 Å². The van der Waals surface area contributed by atoms with Gasteiger partial charge in [0, 0.05) is 49.2 Å². The van der Waals surface area contributed by atoms with Gasteiger partial charge in [-0.25, -0.2) is 14.6 Å². The number of anilines is 2. The Morgan fingerprint density at radius 3 is 2.58 bits per heavy atom. The number of rotatable bonds is 7. The van der Waals surface area contributed by atoms with Gasteiger partial charge in [-0.05, 0) is 56.3 Å². The lowest BCUT2D eigenvalue weighted by Crippen LogP contribution is -2.49. The number of nitrogens with zero attached hydrogens (tertiary/aromatic N) is 6. The smallest absolute Gasteiger partial charge is 0.164 e. The molecule has 0 spiro atoms. The number of nitrogens with one attached hydrogen (secondary N) is 1. The summed E-state index contributed by atoms with van der Waals surface area (Å²) in [5.74, 6) is 1.23. The monoisotopic (exact) mass is 532 g/mol. The first-order chi connectivity index (χ1) is 18.6. The summed E-state index contributed by atoms with van der Waals surface area (Å²) in [7, 11) is 3.91. The van der Waals surface area contributed by atoms with Crippen LogP contribution in [0, 0.1) is 0 Å². The topological polar surface area (TPSA) is 97.4 Å². The zero-order valence-electron chi connectivity index (χ0n) is 22.1. The van der Waals surface area contributed by atoms with E-state index >= 15 is 0 Å². The highest BCUT2D eigenvalue weighted by Gasteiger charge is 2.30. The van der Waals surface area contributed by atoms with Gasteiger partial charge in [0.25, 0.3) is 0 Å². The molecule has 0 atom stereocenters. The summed E-state index contributed by atoms with van der Waals surface area (Å²) in [6, 6.07) is 11.3. The molecule has 9 nitrogen and oxygen atoms in total. The summed E-state index contributed by atoms with van der Waals surface area (Å²) in [5.41, 5.74) is 9.92. The van der Waals surface area contributed by atoms with Crippen LogP contribution in [0.2, 0.25) is 0 Å². The van der Waals surface area contributed by atoms with Crippen LogP contribution >= 0.6 is 11.3 Å². The van der Waals surface area contributed by atoms with Crippen molar-refractivity contribution in [2.75, 3.05) is 51.4 Å². The molecule has 38 heavy (non-hydrogen) atoms. The van der Waals surface area contributed by atoms with Gasteiger partial charge in [0.2, 0.25) is 0 Å². The molecular formula is C28H36N8OS. The fourth-order valence-electron chi connectivity index (χ4n) is 5.89. The van der Waals surface area contributed by atoms with Crippen LogP contribution in [0.25, 0.3) is 22.3 Å². The quantitative estimate of drug-likeness (QED) is 0.359. The van der Waals surface area contributed by atoms with Gasteiger partial charge < -0.3 is 20.7 Å². The SMILES string of the molecule is COc1cc(-c2nn(C3CCC(N4CCN(C)CC4)CC3)c3ncnc(N)c23)ccc1NCc1cccs1. The molecule has 0 unspecified atom stereocenters. The molecule has 3 N–H and O–H groups in total. The van der Waals surface area contributed by atoms with Crippen LogP contribution < -0.4 is 15.8 Å². The molecule has 0 radical (unpaired) electrons. The van der Waals surface area contributed by atoms with Gasteiger partial charge in [-0.3, -0.25) is 4.90 Å². The lowest BCUT2D eigenvalue weighted by molar-refractivity contribution is 0.0815. The molecule has 6 rings (SSSR count). The first-order valence-electron chi connectivity index (χ1n) is 13.5. The van der Waals surface area contributed by atoms with Gasteiger partial charge in [-0.2, -0.15) is 5.10 Å². The number of fused-ring (bicyclic) bond motifs is 1. The van der Waals surface area contributed by atoms with Crippen LogP contribution in [0.5, 0.6) is 5.75 Å². The largest absolute Gasteiger partial charge is 0.495 e. The predicted molar refractivity (Wildman–Crippen MR) is 154 cm³/mol. The highest BCUT2D eigenvalue weighted by atomic mass is 32.1. The molecule has 200 valence electrons. The van der Waals surface area contributed by atoms with Gasteiger partial charge in [0.15, 0.2) is 5.65 Å². The number of benzene rings is 1. The van der Waals surface area contributed by atoms with E-state index < -0.39 is 0 Å². The Morgan fingerprint density at radius 2 is 1.84 bits per heavy atom. The number of thiophene rings is 1. The molecule has 1 aromatic carbocycles. The second kappa shape index (κ2) is 10.9. The molecule has 0 bridgehead atoms. The van der Waals surface area contributed by atoms with Crippen LogP contribution in [-0.2, 0) is 6.54 Å². The Morgan fingerprint density at radius 1 is 1.05 bits per heavy atom. The fourth-order valence-corrected chi connectivity index (χ4v) is 6.53. The third-order valence-electron chi connectivity index (χ3n) is 8.09. The number of ether oxygens (including phenoxy) is 1. The third-order valence-corrected chi connectivity index (χ3v) is 8.97. The molecule has 1 saturated carbocycles. The van der Waals surface area contributed by atoms with E-state index in [2.05, 4.69) is 60.4 Å². The lowest BCUT2D eigenvalue weighted by Gasteiger charge is -2.41. The number of hydrogen-bond acceptors (Lipinski definition) is 9. The second-order valence-electron chi connectivity index (χ2n) is 10.4. The Labute approximate surface area is 227 Å². The Balaban J connectivity index is 1.26. The Kier molecular flexibility index (Phi) is 7.18. The summed E-state index contributed by atoms with van der Waals surface area (Å²) >= 11 is 1.73. The Bertz CT molecular complexity index is 1370. The fraction of sp³-hybridized carbons (Fsp3) is 0.464. The van der Waals surface area contributed by atoms with Crippen molar-refractivity contribution in [1.82, 2.24) is 29.5 Å². The minimum Gasteiger partial charge on any atom is -0.495 e. The molecule has 1 saturated heterocycles. The van der Waals surface area contributed by atoms with Crippen molar-refractivity contribution >= 4 is 33.9 Å². The maximum Gasteiger partial charge on any atom is 0.164 e. The van der Waals surface area contributed by atoms with Gasteiger partial charge >= 0.3 is 0 Å². The van der Waals surface area contributed by atoms with Crippen molar-refractivity contribution in [3.05, 3.63) is 46.9 Å². The summed E-state index contributed by atoms with van der Waals surface area (Å²) in [4.78, 5) is 15.3. The van der Waals surface area contributed by atoms with E-state index in [9.17, 15) is 0 Å². The average molecular weight is 533 g/mol. The molecule has 0 amide bonds. The molecule has 4 heterocycles. The lowest BCUT2D eigenvalue weighted by atomic mass is 9.90. The van der Waals surface area contributed by atoms with Crippen molar-refractivity contribution in [2.24, 2.45) is 0 Å². The van der Waals surface area contributed by atoms with E-state index in [-0.39, 0.29) is 0 Å². The molecule has 2 aliphatic rings. The molecule has 3 aromatic heterocycles. The number of nitrogen functional groups attached to an aromatic ring is 1. The van der Waals surface area contributed by atoms with Crippen LogP contribution in [0.3, 0.4) is 0 Å². The summed E-state index contributed by atoms with van der Waals surface area (Å²) in [6.07, 6.45) is 6.10. The van der Waals surface area contributed by atoms with Crippen LogP contribution in [0.1, 0.15) is 36.6 Å². The second-order valence-corrected chi connectivity index (χ2v) is 11.4. The first kappa shape index (κ1) is 25.1. The highest BCUT2D eigenvalue weighted by molar-refractivity contribution is 7.09. The number of piperazine rings is 1. The zero-order chi connectivity index (χ0) is 26.1. The van der Waals surface area contributed by atoms with E-state index in [0.717, 1.165) is 66.2 Å². The summed E-state index contributed by atoms with van der Waals surface area (Å²) in [6.45, 7) is 5.42. The first-order valence-corrected chi connectivity index (χ1v) is 14.3. The van der Waals surface area contributed by atoms with Gasteiger partial charge in [0.05, 0.1) is 24.2 Å². The van der Waals surface area contributed by atoms with E-state index in [1.54, 1.807) is 24.8 Å². The van der Waals surface area contributed by atoms with Gasteiger partial charge in [0.1, 0.15) is 23.6 Å². The zero-order valence-corrected chi connectivity index (χ0v) is 23.0. The van der Waals surface area contributed by atoms with Crippen molar-refractivity contribution in [3.63, 3.8) is 0 Å².